The molecule has 4 rings (SSSR count). The lowest BCUT2D eigenvalue weighted by Gasteiger charge is -2.30. The molecule has 0 unspecified atom stereocenters. The Hall–Kier alpha value is -2.07. The van der Waals surface area contributed by atoms with Gasteiger partial charge < -0.3 is 9.64 Å². The maximum absolute atomic E-state index is 13.5. The number of likely N-dealkylation sites (tertiary alicyclic amines) is 1. The molecule has 27 heavy (non-hydrogen) atoms. The minimum atomic E-state index is -0.0193. The number of hydrogen-bond donors (Lipinski definition) is 0. The van der Waals surface area contributed by atoms with Gasteiger partial charge in [0.05, 0.1) is 13.2 Å². The molecule has 2 aliphatic rings. The van der Waals surface area contributed by atoms with Crippen molar-refractivity contribution in [1.29, 1.82) is 0 Å². The number of amides is 1. The number of benzene rings is 2. The van der Waals surface area contributed by atoms with Crippen LogP contribution < -0.4 is 4.74 Å². The van der Waals surface area contributed by atoms with E-state index in [1.165, 1.54) is 0 Å². The van der Waals surface area contributed by atoms with E-state index in [1.807, 2.05) is 30.3 Å². The Labute approximate surface area is 169 Å². The van der Waals surface area contributed by atoms with Gasteiger partial charge in [-0.2, -0.15) is 0 Å². The van der Waals surface area contributed by atoms with E-state index < -0.39 is 0 Å². The SMILES string of the molecule is COc1ccc(Br)cc1[C@H]1[C@H]2C=CC[C@@H](C)[C@@H]2C(=O)N1Cc1ccccc1. The molecule has 1 saturated heterocycles. The van der Waals surface area contributed by atoms with E-state index in [0.717, 1.165) is 27.8 Å². The number of ether oxygens (including phenoxy) is 1. The van der Waals surface area contributed by atoms with E-state index in [4.69, 9.17) is 4.74 Å². The number of rotatable bonds is 4. The fourth-order valence-electron chi connectivity index (χ4n) is 4.61. The van der Waals surface area contributed by atoms with Gasteiger partial charge in [0.2, 0.25) is 5.91 Å². The molecule has 1 aliphatic heterocycles. The smallest absolute Gasteiger partial charge is 0.227 e. The molecule has 2 aromatic carbocycles. The molecule has 3 nitrogen and oxygen atoms in total. The predicted octanol–water partition coefficient (Wildman–Crippen LogP) is 5.37. The van der Waals surface area contributed by atoms with E-state index >= 15 is 0 Å². The molecular formula is C23H24BrNO2. The summed E-state index contributed by atoms with van der Waals surface area (Å²) in [4.78, 5) is 15.5. The van der Waals surface area contributed by atoms with Crippen LogP contribution in [-0.2, 0) is 11.3 Å². The van der Waals surface area contributed by atoms with Crippen LogP contribution in [0.3, 0.4) is 0 Å². The third-order valence-electron chi connectivity index (χ3n) is 5.87. The number of allylic oxidation sites excluding steroid dienone is 1. The van der Waals surface area contributed by atoms with Gasteiger partial charge in [0.15, 0.2) is 0 Å². The summed E-state index contributed by atoms with van der Waals surface area (Å²) in [6.07, 6.45) is 5.45. The first kappa shape index (κ1) is 18.3. The van der Waals surface area contributed by atoms with Gasteiger partial charge in [-0.1, -0.05) is 65.3 Å². The van der Waals surface area contributed by atoms with Crippen LogP contribution in [0.4, 0.5) is 0 Å². The Bertz CT molecular complexity index is 864. The highest BCUT2D eigenvalue weighted by molar-refractivity contribution is 9.10. The molecule has 1 fully saturated rings. The van der Waals surface area contributed by atoms with Crippen molar-refractivity contribution < 1.29 is 9.53 Å². The second kappa shape index (κ2) is 7.51. The van der Waals surface area contributed by atoms with Crippen molar-refractivity contribution in [3.05, 3.63) is 76.3 Å². The summed E-state index contributed by atoms with van der Waals surface area (Å²) in [6.45, 7) is 2.81. The number of fused-ring (bicyclic) bond motifs is 1. The van der Waals surface area contributed by atoms with Crippen molar-refractivity contribution in [1.82, 2.24) is 4.90 Å². The van der Waals surface area contributed by atoms with Gasteiger partial charge in [-0.15, -0.1) is 0 Å². The van der Waals surface area contributed by atoms with Gasteiger partial charge in [-0.05, 0) is 36.1 Å². The number of methoxy groups -OCH3 is 1. The Morgan fingerprint density at radius 2 is 1.96 bits per heavy atom. The quantitative estimate of drug-likeness (QED) is 0.616. The predicted molar refractivity (Wildman–Crippen MR) is 110 cm³/mol. The van der Waals surface area contributed by atoms with Gasteiger partial charge >= 0.3 is 0 Å². The third-order valence-corrected chi connectivity index (χ3v) is 6.36. The van der Waals surface area contributed by atoms with Crippen LogP contribution in [0.1, 0.15) is 30.5 Å². The summed E-state index contributed by atoms with van der Waals surface area (Å²) >= 11 is 3.60. The van der Waals surface area contributed by atoms with Gasteiger partial charge in [-0.3, -0.25) is 4.79 Å². The van der Waals surface area contributed by atoms with Crippen LogP contribution in [0.5, 0.6) is 5.75 Å². The van der Waals surface area contributed by atoms with Gasteiger partial charge in [0.1, 0.15) is 5.75 Å². The van der Waals surface area contributed by atoms with Crippen LogP contribution in [-0.4, -0.2) is 17.9 Å². The van der Waals surface area contributed by atoms with Crippen LogP contribution in [0, 0.1) is 17.8 Å². The molecule has 0 spiro atoms. The van der Waals surface area contributed by atoms with Crippen molar-refractivity contribution >= 4 is 21.8 Å². The normalized spacial score (nSPS) is 26.9. The van der Waals surface area contributed by atoms with Crippen molar-refractivity contribution in [2.24, 2.45) is 17.8 Å². The summed E-state index contributed by atoms with van der Waals surface area (Å²) < 4.78 is 6.67. The molecule has 1 heterocycles. The monoisotopic (exact) mass is 425 g/mol. The number of nitrogens with zero attached hydrogens (tertiary/aromatic N) is 1. The molecule has 4 atom stereocenters. The highest BCUT2D eigenvalue weighted by Crippen LogP contribution is 2.51. The molecule has 4 heteroatoms. The Balaban J connectivity index is 1.81. The van der Waals surface area contributed by atoms with Crippen LogP contribution in [0.2, 0.25) is 0 Å². The molecule has 0 aromatic heterocycles. The van der Waals surface area contributed by atoms with Crippen molar-refractivity contribution in [2.45, 2.75) is 25.9 Å². The number of hydrogen-bond acceptors (Lipinski definition) is 2. The molecule has 0 N–H and O–H groups in total. The van der Waals surface area contributed by atoms with Crippen LogP contribution in [0.25, 0.3) is 0 Å². The van der Waals surface area contributed by atoms with E-state index in [2.05, 4.69) is 58.1 Å². The second-order valence-corrected chi connectivity index (χ2v) is 8.44. The highest BCUT2D eigenvalue weighted by atomic mass is 79.9. The summed E-state index contributed by atoms with van der Waals surface area (Å²) in [6, 6.07) is 16.3. The maximum Gasteiger partial charge on any atom is 0.227 e. The molecular weight excluding hydrogens is 402 g/mol. The first-order valence-corrected chi connectivity index (χ1v) is 10.2. The Morgan fingerprint density at radius 1 is 1.19 bits per heavy atom. The minimum absolute atomic E-state index is 0.0193. The molecule has 2 aromatic rings. The van der Waals surface area contributed by atoms with Crippen molar-refractivity contribution in [2.75, 3.05) is 7.11 Å². The lowest BCUT2D eigenvalue weighted by atomic mass is 9.75. The van der Waals surface area contributed by atoms with E-state index in [-0.39, 0.29) is 23.8 Å². The van der Waals surface area contributed by atoms with E-state index in [1.54, 1.807) is 7.11 Å². The average molecular weight is 426 g/mol. The van der Waals surface area contributed by atoms with E-state index in [0.29, 0.717) is 12.5 Å². The zero-order chi connectivity index (χ0) is 19.0. The zero-order valence-electron chi connectivity index (χ0n) is 15.6. The van der Waals surface area contributed by atoms with Crippen molar-refractivity contribution in [3.63, 3.8) is 0 Å². The average Bonchev–Trinajstić information content (AvgIpc) is 2.95. The summed E-state index contributed by atoms with van der Waals surface area (Å²) in [7, 11) is 1.70. The maximum atomic E-state index is 13.5. The highest BCUT2D eigenvalue weighted by Gasteiger charge is 2.50. The number of carbonyl (C=O) groups excluding carboxylic acids is 1. The van der Waals surface area contributed by atoms with Gasteiger partial charge in [0.25, 0.3) is 0 Å². The standard InChI is InChI=1S/C23H24BrNO2/c1-15-7-6-10-18-21(15)23(26)25(14-16-8-4-3-5-9-16)22(18)19-13-17(24)11-12-20(19)27-2/h3-6,8-13,15,18,21-22H,7,14H2,1-2H3/t15-,18+,21+,22-/m1/s1. The number of carbonyl (C=O) groups is 1. The minimum Gasteiger partial charge on any atom is -0.496 e. The largest absolute Gasteiger partial charge is 0.496 e. The molecule has 1 aliphatic carbocycles. The molecule has 0 saturated carbocycles. The molecule has 0 bridgehead atoms. The first-order valence-electron chi connectivity index (χ1n) is 9.44. The molecule has 1 amide bonds. The van der Waals surface area contributed by atoms with Crippen LogP contribution >= 0.6 is 15.9 Å². The summed E-state index contributed by atoms with van der Waals surface area (Å²) in [5.41, 5.74) is 2.22. The van der Waals surface area contributed by atoms with Gasteiger partial charge in [0, 0.05) is 28.4 Å². The Morgan fingerprint density at radius 3 is 2.70 bits per heavy atom. The fraction of sp³-hybridized carbons (Fsp3) is 0.348. The van der Waals surface area contributed by atoms with Crippen molar-refractivity contribution in [3.8, 4) is 5.75 Å². The lowest BCUT2D eigenvalue weighted by molar-refractivity contribution is -0.134. The summed E-state index contributed by atoms with van der Waals surface area (Å²) in [5.74, 6) is 1.66. The Kier molecular flexibility index (Phi) is 5.09. The molecule has 0 radical (unpaired) electrons. The lowest BCUT2D eigenvalue weighted by Crippen LogP contribution is -2.30. The van der Waals surface area contributed by atoms with Gasteiger partial charge in [-0.25, -0.2) is 0 Å². The topological polar surface area (TPSA) is 29.5 Å². The third kappa shape index (κ3) is 3.31. The summed E-state index contributed by atoms with van der Waals surface area (Å²) in [5, 5.41) is 0. The number of halogens is 1. The fourth-order valence-corrected chi connectivity index (χ4v) is 4.99. The van der Waals surface area contributed by atoms with Crippen LogP contribution in [0.15, 0.2) is 65.2 Å². The zero-order valence-corrected chi connectivity index (χ0v) is 17.2. The first-order chi connectivity index (χ1) is 13.1. The second-order valence-electron chi connectivity index (χ2n) is 7.53. The molecule has 140 valence electrons. The van der Waals surface area contributed by atoms with E-state index in [9.17, 15) is 4.79 Å².